The molecule has 2 atom stereocenters. The van der Waals surface area contributed by atoms with Crippen LogP contribution in [0.15, 0.2) is 0 Å². The fourth-order valence-corrected chi connectivity index (χ4v) is 1.73. The molecule has 0 radical (unpaired) electrons. The molecule has 2 unspecified atom stereocenters. The third-order valence-corrected chi connectivity index (χ3v) is 2.60. The number of ether oxygens (including phenoxy) is 1. The van der Waals surface area contributed by atoms with Crippen molar-refractivity contribution < 1.29 is 4.74 Å². The van der Waals surface area contributed by atoms with Crippen molar-refractivity contribution in [3.63, 3.8) is 0 Å². The maximum atomic E-state index is 5.87. The first kappa shape index (κ1) is 10.0. The van der Waals surface area contributed by atoms with Gasteiger partial charge < -0.3 is 10.5 Å². The monoisotopic (exact) mass is 171 g/mol. The lowest BCUT2D eigenvalue weighted by Gasteiger charge is -2.13. The van der Waals surface area contributed by atoms with Crippen LogP contribution in [0.5, 0.6) is 0 Å². The summed E-state index contributed by atoms with van der Waals surface area (Å²) >= 11 is 0. The Bertz CT molecular complexity index is 116. The van der Waals surface area contributed by atoms with Gasteiger partial charge in [0.1, 0.15) is 0 Å². The molecular formula is C10H21NO. The SMILES string of the molecule is CCCCCCC1OCCC1N. The molecule has 0 saturated carbocycles. The van der Waals surface area contributed by atoms with Crippen LogP contribution in [0.4, 0.5) is 0 Å². The van der Waals surface area contributed by atoms with E-state index in [0.717, 1.165) is 13.0 Å². The smallest absolute Gasteiger partial charge is 0.0726 e. The third-order valence-electron chi connectivity index (χ3n) is 2.60. The van der Waals surface area contributed by atoms with Crippen LogP contribution in [0.25, 0.3) is 0 Å². The van der Waals surface area contributed by atoms with Crippen LogP contribution in [0.1, 0.15) is 45.4 Å². The third kappa shape index (κ3) is 3.11. The van der Waals surface area contributed by atoms with Gasteiger partial charge in [0.05, 0.1) is 6.10 Å². The van der Waals surface area contributed by atoms with Crippen molar-refractivity contribution in [1.82, 2.24) is 0 Å². The van der Waals surface area contributed by atoms with Crippen molar-refractivity contribution in [3.05, 3.63) is 0 Å². The molecule has 0 bridgehead atoms. The molecule has 1 rings (SSSR count). The van der Waals surface area contributed by atoms with E-state index in [2.05, 4.69) is 6.92 Å². The fourth-order valence-electron chi connectivity index (χ4n) is 1.73. The van der Waals surface area contributed by atoms with Gasteiger partial charge >= 0.3 is 0 Å². The molecule has 2 nitrogen and oxygen atoms in total. The zero-order chi connectivity index (χ0) is 8.81. The largest absolute Gasteiger partial charge is 0.377 e. The van der Waals surface area contributed by atoms with Gasteiger partial charge in [-0.2, -0.15) is 0 Å². The molecule has 12 heavy (non-hydrogen) atoms. The average molecular weight is 171 g/mol. The topological polar surface area (TPSA) is 35.2 Å². The highest BCUT2D eigenvalue weighted by Gasteiger charge is 2.23. The predicted octanol–water partition coefficient (Wildman–Crippen LogP) is 2.07. The Morgan fingerprint density at radius 3 is 2.75 bits per heavy atom. The molecule has 0 amide bonds. The van der Waals surface area contributed by atoms with E-state index in [-0.39, 0.29) is 0 Å². The van der Waals surface area contributed by atoms with Crippen LogP contribution < -0.4 is 5.73 Å². The molecule has 2 heteroatoms. The summed E-state index contributed by atoms with van der Waals surface area (Å²) in [6.07, 6.45) is 7.86. The van der Waals surface area contributed by atoms with Crippen LogP contribution in [-0.4, -0.2) is 18.8 Å². The summed E-state index contributed by atoms with van der Waals surface area (Å²) in [4.78, 5) is 0. The van der Waals surface area contributed by atoms with Crippen LogP contribution >= 0.6 is 0 Å². The summed E-state index contributed by atoms with van der Waals surface area (Å²) in [5.74, 6) is 0. The molecular weight excluding hydrogens is 150 g/mol. The van der Waals surface area contributed by atoms with Gasteiger partial charge in [0, 0.05) is 12.6 Å². The molecule has 1 saturated heterocycles. The van der Waals surface area contributed by atoms with E-state index in [1.807, 2.05) is 0 Å². The summed E-state index contributed by atoms with van der Waals surface area (Å²) in [7, 11) is 0. The quantitative estimate of drug-likeness (QED) is 0.643. The molecule has 0 spiro atoms. The molecule has 2 N–H and O–H groups in total. The van der Waals surface area contributed by atoms with Crippen molar-refractivity contribution >= 4 is 0 Å². The van der Waals surface area contributed by atoms with E-state index < -0.39 is 0 Å². The van der Waals surface area contributed by atoms with Gasteiger partial charge in [-0.15, -0.1) is 0 Å². The maximum absolute atomic E-state index is 5.87. The Kier molecular flexibility index (Phi) is 4.62. The summed E-state index contributed by atoms with van der Waals surface area (Å²) < 4.78 is 5.52. The van der Waals surface area contributed by atoms with Gasteiger partial charge in [-0.1, -0.05) is 32.6 Å². The molecule has 0 aliphatic carbocycles. The van der Waals surface area contributed by atoms with E-state index in [0.29, 0.717) is 12.1 Å². The zero-order valence-electron chi connectivity index (χ0n) is 8.09. The minimum absolute atomic E-state index is 0.312. The summed E-state index contributed by atoms with van der Waals surface area (Å²) in [6, 6.07) is 0.312. The Morgan fingerprint density at radius 2 is 2.17 bits per heavy atom. The maximum Gasteiger partial charge on any atom is 0.0726 e. The highest BCUT2D eigenvalue weighted by atomic mass is 16.5. The van der Waals surface area contributed by atoms with Crippen LogP contribution in [0.2, 0.25) is 0 Å². The second-order valence-corrected chi connectivity index (χ2v) is 3.71. The first-order chi connectivity index (χ1) is 5.84. The van der Waals surface area contributed by atoms with Gasteiger partial charge in [0.15, 0.2) is 0 Å². The van der Waals surface area contributed by atoms with Crippen LogP contribution in [0, 0.1) is 0 Å². The first-order valence-electron chi connectivity index (χ1n) is 5.21. The van der Waals surface area contributed by atoms with Crippen LogP contribution in [-0.2, 0) is 4.74 Å². The molecule has 0 aromatic heterocycles. The van der Waals surface area contributed by atoms with Crippen molar-refractivity contribution in [2.45, 2.75) is 57.6 Å². The lowest BCUT2D eigenvalue weighted by atomic mass is 10.0. The second kappa shape index (κ2) is 5.55. The fraction of sp³-hybridized carbons (Fsp3) is 1.00. The number of nitrogens with two attached hydrogens (primary N) is 1. The highest BCUT2D eigenvalue weighted by Crippen LogP contribution is 2.17. The summed E-state index contributed by atoms with van der Waals surface area (Å²) in [5, 5.41) is 0. The number of hydrogen-bond donors (Lipinski definition) is 1. The minimum Gasteiger partial charge on any atom is -0.377 e. The number of rotatable bonds is 5. The van der Waals surface area contributed by atoms with Gasteiger partial charge in [-0.3, -0.25) is 0 Å². The minimum atomic E-state index is 0.312. The van der Waals surface area contributed by atoms with E-state index in [4.69, 9.17) is 10.5 Å². The molecule has 1 aliphatic rings. The van der Waals surface area contributed by atoms with E-state index in [9.17, 15) is 0 Å². The summed E-state index contributed by atoms with van der Waals surface area (Å²) in [5.41, 5.74) is 5.87. The highest BCUT2D eigenvalue weighted by molar-refractivity contribution is 4.78. The van der Waals surface area contributed by atoms with Crippen molar-refractivity contribution in [2.24, 2.45) is 5.73 Å². The summed E-state index contributed by atoms with van der Waals surface area (Å²) in [6.45, 7) is 3.11. The van der Waals surface area contributed by atoms with E-state index in [1.54, 1.807) is 0 Å². The Morgan fingerprint density at radius 1 is 1.33 bits per heavy atom. The molecule has 0 aromatic carbocycles. The zero-order valence-corrected chi connectivity index (χ0v) is 8.09. The molecule has 1 aliphatic heterocycles. The normalized spacial score (nSPS) is 29.5. The van der Waals surface area contributed by atoms with Gasteiger partial charge in [-0.25, -0.2) is 0 Å². The van der Waals surface area contributed by atoms with Crippen molar-refractivity contribution in [3.8, 4) is 0 Å². The molecule has 1 fully saturated rings. The van der Waals surface area contributed by atoms with Gasteiger partial charge in [0.25, 0.3) is 0 Å². The average Bonchev–Trinajstić information content (AvgIpc) is 2.46. The lowest BCUT2D eigenvalue weighted by molar-refractivity contribution is 0.0950. The van der Waals surface area contributed by atoms with E-state index in [1.165, 1.54) is 32.1 Å². The van der Waals surface area contributed by atoms with Gasteiger partial charge in [-0.05, 0) is 12.8 Å². The molecule has 1 heterocycles. The molecule has 0 aromatic rings. The second-order valence-electron chi connectivity index (χ2n) is 3.71. The Balaban J connectivity index is 1.98. The van der Waals surface area contributed by atoms with E-state index >= 15 is 0 Å². The Labute approximate surface area is 75.5 Å². The van der Waals surface area contributed by atoms with Crippen LogP contribution in [0.3, 0.4) is 0 Å². The standard InChI is InChI=1S/C10H21NO/c1-2-3-4-5-6-10-9(11)7-8-12-10/h9-10H,2-8,11H2,1H3. The van der Waals surface area contributed by atoms with Crippen molar-refractivity contribution in [2.75, 3.05) is 6.61 Å². The lowest BCUT2D eigenvalue weighted by Crippen LogP contribution is -2.29. The first-order valence-corrected chi connectivity index (χ1v) is 5.21. The number of unbranched alkanes of at least 4 members (excludes halogenated alkanes) is 3. The molecule has 72 valence electrons. The van der Waals surface area contributed by atoms with Gasteiger partial charge in [0.2, 0.25) is 0 Å². The van der Waals surface area contributed by atoms with Crippen molar-refractivity contribution in [1.29, 1.82) is 0 Å². The Hall–Kier alpha value is -0.0800. The predicted molar refractivity (Wildman–Crippen MR) is 51.1 cm³/mol. The number of hydrogen-bond acceptors (Lipinski definition) is 2.